The van der Waals surface area contributed by atoms with Crippen molar-refractivity contribution in [3.63, 3.8) is 0 Å². The van der Waals surface area contributed by atoms with Crippen LogP contribution in [-0.2, 0) is 4.74 Å². The van der Waals surface area contributed by atoms with Gasteiger partial charge in [-0.25, -0.2) is 9.78 Å². The predicted octanol–water partition coefficient (Wildman–Crippen LogP) is 2.44. The molecule has 22 heavy (non-hydrogen) atoms. The fraction of sp³-hybridized carbons (Fsp3) is 0.500. The first-order chi connectivity index (χ1) is 10.6. The molecular formula is C16H22N4O2. The highest BCUT2D eigenvalue weighted by Gasteiger charge is 2.24. The number of para-hydroxylation sites is 2. The highest BCUT2D eigenvalue weighted by molar-refractivity contribution is 5.76. The number of amides is 2. The Morgan fingerprint density at radius 3 is 2.86 bits per heavy atom. The Bertz CT molecular complexity index is 615. The molecule has 1 atom stereocenters. The topological polar surface area (TPSA) is 70.2 Å². The summed E-state index contributed by atoms with van der Waals surface area (Å²) in [4.78, 5) is 21.9. The van der Waals surface area contributed by atoms with E-state index in [9.17, 15) is 4.79 Å². The molecular weight excluding hydrogens is 280 g/mol. The second-order valence-corrected chi connectivity index (χ2v) is 5.76. The predicted molar refractivity (Wildman–Crippen MR) is 84.6 cm³/mol. The van der Waals surface area contributed by atoms with E-state index in [1.165, 1.54) is 0 Å². The minimum absolute atomic E-state index is 0.0696. The lowest BCUT2D eigenvalue weighted by Crippen LogP contribution is -2.46. The van der Waals surface area contributed by atoms with Crippen molar-refractivity contribution in [1.29, 1.82) is 0 Å². The standard InChI is InChI=1S/C16H22N4O2/c1-11(15-18-13-5-3-4-6-14(13)19-15)17-16(21)20(2)12-7-9-22-10-8-12/h3-6,11-12H,7-10H2,1-2H3,(H,17,21)(H,18,19)/t11-/m0/s1. The van der Waals surface area contributed by atoms with Gasteiger partial charge in [0.1, 0.15) is 5.82 Å². The molecule has 118 valence electrons. The lowest BCUT2D eigenvalue weighted by molar-refractivity contribution is 0.0522. The zero-order valence-electron chi connectivity index (χ0n) is 13.0. The van der Waals surface area contributed by atoms with Crippen LogP contribution >= 0.6 is 0 Å². The Labute approximate surface area is 129 Å². The third-order valence-electron chi connectivity index (χ3n) is 4.22. The number of nitrogens with one attached hydrogen (secondary N) is 2. The molecule has 0 spiro atoms. The molecule has 0 aliphatic carbocycles. The molecule has 1 aliphatic rings. The molecule has 6 nitrogen and oxygen atoms in total. The molecule has 1 fully saturated rings. The molecule has 0 bridgehead atoms. The van der Waals surface area contributed by atoms with Crippen LogP contribution in [0, 0.1) is 0 Å². The quantitative estimate of drug-likeness (QED) is 0.915. The highest BCUT2D eigenvalue weighted by Crippen LogP contribution is 2.17. The van der Waals surface area contributed by atoms with Crippen LogP contribution < -0.4 is 5.32 Å². The van der Waals surface area contributed by atoms with E-state index < -0.39 is 0 Å². The number of carbonyl (C=O) groups is 1. The van der Waals surface area contributed by atoms with Crippen molar-refractivity contribution in [2.24, 2.45) is 0 Å². The van der Waals surface area contributed by atoms with Crippen LogP contribution in [0.3, 0.4) is 0 Å². The van der Waals surface area contributed by atoms with Crippen molar-refractivity contribution in [2.75, 3.05) is 20.3 Å². The zero-order chi connectivity index (χ0) is 15.5. The van der Waals surface area contributed by atoms with E-state index in [4.69, 9.17) is 4.74 Å². The first-order valence-electron chi connectivity index (χ1n) is 7.71. The fourth-order valence-electron chi connectivity index (χ4n) is 2.77. The summed E-state index contributed by atoms with van der Waals surface area (Å²) in [6.45, 7) is 3.39. The number of nitrogens with zero attached hydrogens (tertiary/aromatic N) is 2. The highest BCUT2D eigenvalue weighted by atomic mass is 16.5. The third-order valence-corrected chi connectivity index (χ3v) is 4.22. The second kappa shape index (κ2) is 6.36. The minimum Gasteiger partial charge on any atom is -0.381 e. The molecule has 1 aromatic heterocycles. The van der Waals surface area contributed by atoms with Gasteiger partial charge in [0.2, 0.25) is 0 Å². The van der Waals surface area contributed by atoms with Gasteiger partial charge in [-0.3, -0.25) is 0 Å². The fourth-order valence-corrected chi connectivity index (χ4v) is 2.77. The number of urea groups is 1. The second-order valence-electron chi connectivity index (χ2n) is 5.76. The summed E-state index contributed by atoms with van der Waals surface area (Å²) >= 11 is 0. The number of rotatable bonds is 3. The summed E-state index contributed by atoms with van der Waals surface area (Å²) < 4.78 is 5.34. The molecule has 2 N–H and O–H groups in total. The number of benzene rings is 1. The summed E-state index contributed by atoms with van der Waals surface area (Å²) in [6, 6.07) is 7.87. The van der Waals surface area contributed by atoms with Gasteiger partial charge < -0.3 is 19.9 Å². The van der Waals surface area contributed by atoms with Crippen molar-refractivity contribution in [3.8, 4) is 0 Å². The van der Waals surface area contributed by atoms with Gasteiger partial charge in [0.25, 0.3) is 0 Å². The molecule has 3 rings (SSSR count). The summed E-state index contributed by atoms with van der Waals surface area (Å²) in [6.07, 6.45) is 1.78. The number of fused-ring (bicyclic) bond motifs is 1. The van der Waals surface area contributed by atoms with Gasteiger partial charge in [0, 0.05) is 26.3 Å². The van der Waals surface area contributed by atoms with Crippen LogP contribution in [0.5, 0.6) is 0 Å². The maximum absolute atomic E-state index is 12.4. The monoisotopic (exact) mass is 302 g/mol. The summed E-state index contributed by atoms with van der Waals surface area (Å²) in [5.74, 6) is 0.773. The van der Waals surface area contributed by atoms with Gasteiger partial charge in [0.05, 0.1) is 17.1 Å². The largest absolute Gasteiger partial charge is 0.381 e. The zero-order valence-corrected chi connectivity index (χ0v) is 13.0. The lowest BCUT2D eigenvalue weighted by atomic mass is 10.1. The number of H-pyrrole nitrogens is 1. The van der Waals surface area contributed by atoms with Crippen LogP contribution in [-0.4, -0.2) is 47.2 Å². The third kappa shape index (κ3) is 3.06. The lowest BCUT2D eigenvalue weighted by Gasteiger charge is -2.31. The Kier molecular flexibility index (Phi) is 4.29. The van der Waals surface area contributed by atoms with E-state index in [1.807, 2.05) is 38.2 Å². The van der Waals surface area contributed by atoms with Crippen LogP contribution in [0.1, 0.15) is 31.6 Å². The van der Waals surface area contributed by atoms with E-state index >= 15 is 0 Å². The molecule has 1 aliphatic heterocycles. The van der Waals surface area contributed by atoms with Crippen molar-refractivity contribution >= 4 is 17.1 Å². The Balaban J connectivity index is 1.64. The van der Waals surface area contributed by atoms with Crippen molar-refractivity contribution in [3.05, 3.63) is 30.1 Å². The number of aromatic nitrogens is 2. The summed E-state index contributed by atoms with van der Waals surface area (Å²) in [7, 11) is 1.84. The van der Waals surface area contributed by atoms with Crippen LogP contribution in [0.4, 0.5) is 4.79 Å². The van der Waals surface area contributed by atoms with E-state index in [0.29, 0.717) is 0 Å². The Hall–Kier alpha value is -2.08. The SMILES string of the molecule is C[C@H](NC(=O)N(C)C1CCOCC1)c1nc2ccccc2[nH]1. The van der Waals surface area contributed by atoms with Gasteiger partial charge in [0.15, 0.2) is 0 Å². The maximum atomic E-state index is 12.4. The molecule has 0 radical (unpaired) electrons. The maximum Gasteiger partial charge on any atom is 0.317 e. The Morgan fingerprint density at radius 2 is 2.14 bits per heavy atom. The van der Waals surface area contributed by atoms with Crippen LogP contribution in [0.2, 0.25) is 0 Å². The van der Waals surface area contributed by atoms with E-state index in [-0.39, 0.29) is 18.1 Å². The van der Waals surface area contributed by atoms with Gasteiger partial charge in [-0.05, 0) is 31.9 Å². The molecule has 0 saturated carbocycles. The molecule has 2 heterocycles. The summed E-state index contributed by atoms with van der Waals surface area (Å²) in [5.41, 5.74) is 1.90. The average molecular weight is 302 g/mol. The molecule has 1 aromatic carbocycles. The smallest absolute Gasteiger partial charge is 0.317 e. The summed E-state index contributed by atoms with van der Waals surface area (Å²) in [5, 5.41) is 3.01. The molecule has 2 amide bonds. The molecule has 2 aromatic rings. The molecule has 6 heteroatoms. The number of imidazole rings is 1. The van der Waals surface area contributed by atoms with E-state index in [2.05, 4.69) is 15.3 Å². The van der Waals surface area contributed by atoms with Crippen molar-refractivity contribution in [2.45, 2.75) is 31.8 Å². The van der Waals surface area contributed by atoms with Crippen LogP contribution in [0.25, 0.3) is 11.0 Å². The number of aromatic amines is 1. The van der Waals surface area contributed by atoms with Crippen molar-refractivity contribution in [1.82, 2.24) is 20.2 Å². The number of carbonyl (C=O) groups excluding carboxylic acids is 1. The average Bonchev–Trinajstić information content (AvgIpc) is 2.99. The Morgan fingerprint density at radius 1 is 1.41 bits per heavy atom. The minimum atomic E-state index is -0.165. The van der Waals surface area contributed by atoms with Crippen molar-refractivity contribution < 1.29 is 9.53 Å². The molecule has 0 unspecified atom stereocenters. The number of hydrogen-bond acceptors (Lipinski definition) is 3. The van der Waals surface area contributed by atoms with Gasteiger partial charge in [-0.2, -0.15) is 0 Å². The van der Waals surface area contributed by atoms with Gasteiger partial charge >= 0.3 is 6.03 Å². The van der Waals surface area contributed by atoms with E-state index in [0.717, 1.165) is 42.9 Å². The number of ether oxygens (including phenoxy) is 1. The van der Waals surface area contributed by atoms with Gasteiger partial charge in [-0.15, -0.1) is 0 Å². The van der Waals surface area contributed by atoms with Gasteiger partial charge in [-0.1, -0.05) is 12.1 Å². The van der Waals surface area contributed by atoms with Crippen LogP contribution in [0.15, 0.2) is 24.3 Å². The van der Waals surface area contributed by atoms with E-state index in [1.54, 1.807) is 4.90 Å². The first kappa shape index (κ1) is 14.8. The first-order valence-corrected chi connectivity index (χ1v) is 7.71. The number of hydrogen-bond donors (Lipinski definition) is 2. The normalized spacial score (nSPS) is 17.4. The molecule has 1 saturated heterocycles.